The molecule has 1 heterocycles. The van der Waals surface area contributed by atoms with Crippen LogP contribution in [0.25, 0.3) is 0 Å². The van der Waals surface area contributed by atoms with Crippen molar-refractivity contribution in [1.82, 2.24) is 5.32 Å². The van der Waals surface area contributed by atoms with Crippen molar-refractivity contribution in [3.8, 4) is 5.75 Å². The summed E-state index contributed by atoms with van der Waals surface area (Å²) in [7, 11) is 0. The minimum Gasteiger partial charge on any atom is -0.507 e. The van der Waals surface area contributed by atoms with Gasteiger partial charge in [0.25, 0.3) is 0 Å². The second kappa shape index (κ2) is 5.38. The first kappa shape index (κ1) is 15.8. The summed E-state index contributed by atoms with van der Waals surface area (Å²) in [6, 6.07) is 0.990. The second-order valence-corrected chi connectivity index (χ2v) is 4.51. The number of halogens is 4. The number of benzene rings is 1. The van der Waals surface area contributed by atoms with E-state index in [1.165, 1.54) is 19.1 Å². The van der Waals surface area contributed by atoms with Crippen molar-refractivity contribution >= 4 is 30.1 Å². The van der Waals surface area contributed by atoms with Gasteiger partial charge in [-0.1, -0.05) is 11.6 Å². The van der Waals surface area contributed by atoms with Gasteiger partial charge in [-0.05, 0) is 24.6 Å². The molecule has 1 aromatic carbocycles. The predicted octanol–water partition coefficient (Wildman–Crippen LogP) is 3.19. The Labute approximate surface area is 119 Å². The maximum absolute atomic E-state index is 13.7. The molecule has 1 amide bonds. The van der Waals surface area contributed by atoms with E-state index in [1.54, 1.807) is 0 Å². The average molecular weight is 314 g/mol. The standard InChI is InChI=1S/C11H10ClF2NO3.ClH/c1-5-2-6(12)3-7(8(5)16)9-11(13,14)4-18-10(17)15-9;/h2-3,9,16H,4H2,1H3,(H,15,17);1H/t9-;/m1./s1. The summed E-state index contributed by atoms with van der Waals surface area (Å²) in [5.74, 6) is -3.63. The minimum atomic E-state index is -3.32. The van der Waals surface area contributed by atoms with Crippen LogP contribution in [-0.4, -0.2) is 23.7 Å². The lowest BCUT2D eigenvalue weighted by Gasteiger charge is -2.32. The monoisotopic (exact) mass is 313 g/mol. The number of cyclic esters (lactones) is 1. The fraction of sp³-hybridized carbons (Fsp3) is 0.364. The fourth-order valence-electron chi connectivity index (χ4n) is 1.80. The van der Waals surface area contributed by atoms with E-state index in [4.69, 9.17) is 11.6 Å². The number of phenols is 1. The van der Waals surface area contributed by atoms with Crippen LogP contribution in [0.4, 0.5) is 13.6 Å². The molecule has 0 aromatic heterocycles. The normalized spacial score (nSPS) is 21.1. The number of aryl methyl sites for hydroxylation is 1. The summed E-state index contributed by atoms with van der Waals surface area (Å²) in [4.78, 5) is 11.0. The Morgan fingerprint density at radius 2 is 2.16 bits per heavy atom. The number of rotatable bonds is 1. The van der Waals surface area contributed by atoms with Gasteiger partial charge in [-0.2, -0.15) is 0 Å². The van der Waals surface area contributed by atoms with Crippen LogP contribution in [0.3, 0.4) is 0 Å². The second-order valence-electron chi connectivity index (χ2n) is 4.08. The predicted molar refractivity (Wildman–Crippen MR) is 67.3 cm³/mol. The van der Waals surface area contributed by atoms with Crippen molar-refractivity contribution in [2.75, 3.05) is 6.61 Å². The van der Waals surface area contributed by atoms with Gasteiger partial charge < -0.3 is 15.2 Å². The molecule has 0 spiro atoms. The molecule has 1 aromatic rings. The summed E-state index contributed by atoms with van der Waals surface area (Å²) in [6.45, 7) is 0.499. The lowest BCUT2D eigenvalue weighted by molar-refractivity contribution is -0.104. The molecule has 0 radical (unpaired) electrons. The molecule has 1 atom stereocenters. The van der Waals surface area contributed by atoms with Crippen molar-refractivity contribution in [1.29, 1.82) is 0 Å². The highest BCUT2D eigenvalue weighted by atomic mass is 35.5. The molecule has 1 aliphatic rings. The quantitative estimate of drug-likeness (QED) is 0.837. The summed E-state index contributed by atoms with van der Waals surface area (Å²) >= 11 is 5.77. The molecule has 0 unspecified atom stereocenters. The summed E-state index contributed by atoms with van der Waals surface area (Å²) in [5.41, 5.74) is 0.232. The highest BCUT2D eigenvalue weighted by molar-refractivity contribution is 6.30. The molecule has 8 heteroatoms. The van der Waals surface area contributed by atoms with Gasteiger partial charge in [0, 0.05) is 10.6 Å². The molecule has 0 saturated carbocycles. The zero-order valence-electron chi connectivity index (χ0n) is 9.75. The molecule has 1 aliphatic heterocycles. The van der Waals surface area contributed by atoms with Crippen LogP contribution < -0.4 is 5.32 Å². The number of aromatic hydroxyl groups is 1. The Balaban J connectivity index is 0.00000180. The third-order valence-electron chi connectivity index (χ3n) is 2.69. The molecule has 19 heavy (non-hydrogen) atoms. The summed E-state index contributed by atoms with van der Waals surface area (Å²) < 4.78 is 31.6. The van der Waals surface area contributed by atoms with Gasteiger partial charge in [0.2, 0.25) is 0 Å². The van der Waals surface area contributed by atoms with E-state index in [0.29, 0.717) is 5.56 Å². The number of carbonyl (C=O) groups is 1. The molecular weight excluding hydrogens is 303 g/mol. The Morgan fingerprint density at radius 1 is 1.53 bits per heavy atom. The van der Waals surface area contributed by atoms with Crippen molar-refractivity contribution < 1.29 is 23.4 Å². The van der Waals surface area contributed by atoms with Gasteiger partial charge in [0.1, 0.15) is 11.8 Å². The van der Waals surface area contributed by atoms with E-state index in [9.17, 15) is 18.7 Å². The molecule has 2 N–H and O–H groups in total. The summed E-state index contributed by atoms with van der Waals surface area (Å²) in [6.07, 6.45) is -0.956. The van der Waals surface area contributed by atoms with Crippen molar-refractivity contribution in [2.45, 2.75) is 18.9 Å². The zero-order chi connectivity index (χ0) is 13.5. The minimum absolute atomic E-state index is 0. The van der Waals surface area contributed by atoms with Gasteiger partial charge in [-0.25, -0.2) is 13.6 Å². The fourth-order valence-corrected chi connectivity index (χ4v) is 2.08. The smallest absolute Gasteiger partial charge is 0.408 e. The van der Waals surface area contributed by atoms with Gasteiger partial charge in [-0.3, -0.25) is 0 Å². The number of alkyl halides is 2. The first-order valence-corrected chi connectivity index (χ1v) is 5.49. The van der Waals surface area contributed by atoms with Crippen LogP contribution in [0.2, 0.25) is 5.02 Å². The molecule has 0 aliphatic carbocycles. The van der Waals surface area contributed by atoms with Gasteiger partial charge in [-0.15, -0.1) is 12.4 Å². The van der Waals surface area contributed by atoms with E-state index < -0.39 is 24.7 Å². The topological polar surface area (TPSA) is 58.6 Å². The third-order valence-corrected chi connectivity index (χ3v) is 2.90. The lowest BCUT2D eigenvalue weighted by atomic mass is 9.97. The Kier molecular flexibility index (Phi) is 4.47. The molecule has 0 bridgehead atoms. The molecular formula is C11H11Cl2F2NO3. The first-order chi connectivity index (χ1) is 8.31. The van der Waals surface area contributed by atoms with E-state index in [0.717, 1.165) is 0 Å². The van der Waals surface area contributed by atoms with Gasteiger partial charge >= 0.3 is 12.0 Å². The van der Waals surface area contributed by atoms with Crippen molar-refractivity contribution in [3.05, 3.63) is 28.3 Å². The van der Waals surface area contributed by atoms with Crippen molar-refractivity contribution in [3.63, 3.8) is 0 Å². The highest BCUT2D eigenvalue weighted by Gasteiger charge is 2.48. The SMILES string of the molecule is Cc1cc(Cl)cc([C@H]2NC(=O)OCC2(F)F)c1O.Cl. The van der Waals surface area contributed by atoms with Crippen LogP contribution in [0.5, 0.6) is 5.75 Å². The van der Waals surface area contributed by atoms with Crippen LogP contribution >= 0.6 is 24.0 Å². The Morgan fingerprint density at radius 3 is 2.79 bits per heavy atom. The van der Waals surface area contributed by atoms with Gasteiger partial charge in [0.15, 0.2) is 6.61 Å². The van der Waals surface area contributed by atoms with Gasteiger partial charge in [0.05, 0.1) is 0 Å². The molecule has 2 rings (SSSR count). The number of nitrogens with one attached hydrogen (secondary N) is 1. The Hall–Kier alpha value is -1.27. The van der Waals surface area contributed by atoms with Crippen LogP contribution in [-0.2, 0) is 4.74 Å². The molecule has 4 nitrogen and oxygen atoms in total. The average Bonchev–Trinajstić information content (AvgIpc) is 2.27. The lowest BCUT2D eigenvalue weighted by Crippen LogP contribution is -2.49. The van der Waals surface area contributed by atoms with E-state index in [2.05, 4.69) is 4.74 Å². The molecule has 1 saturated heterocycles. The van der Waals surface area contributed by atoms with E-state index >= 15 is 0 Å². The van der Waals surface area contributed by atoms with Crippen LogP contribution in [0, 0.1) is 6.92 Å². The van der Waals surface area contributed by atoms with E-state index in [1.807, 2.05) is 5.32 Å². The highest BCUT2D eigenvalue weighted by Crippen LogP contribution is 2.40. The number of ether oxygens (including phenoxy) is 1. The number of carbonyl (C=O) groups excluding carboxylic acids is 1. The number of alkyl carbamates (subject to hydrolysis) is 1. The van der Waals surface area contributed by atoms with Crippen LogP contribution in [0.1, 0.15) is 17.2 Å². The maximum atomic E-state index is 13.7. The van der Waals surface area contributed by atoms with Crippen LogP contribution in [0.15, 0.2) is 12.1 Å². The number of amides is 1. The Bertz CT molecular complexity index is 511. The number of hydrogen-bond donors (Lipinski definition) is 2. The number of hydrogen-bond acceptors (Lipinski definition) is 3. The summed E-state index contributed by atoms with van der Waals surface area (Å²) in [5, 5.41) is 12.0. The zero-order valence-corrected chi connectivity index (χ0v) is 11.3. The largest absolute Gasteiger partial charge is 0.507 e. The van der Waals surface area contributed by atoms with Crippen molar-refractivity contribution in [2.24, 2.45) is 0 Å². The first-order valence-electron chi connectivity index (χ1n) is 5.11. The van der Waals surface area contributed by atoms with E-state index in [-0.39, 0.29) is 28.7 Å². The molecule has 1 fully saturated rings. The maximum Gasteiger partial charge on any atom is 0.408 e. The number of phenolic OH excluding ortho intramolecular Hbond substituents is 1. The molecule has 106 valence electrons. The third kappa shape index (κ3) is 3.01.